The first kappa shape index (κ1) is 19.2. The molecule has 0 aliphatic carbocycles. The van der Waals surface area contributed by atoms with Gasteiger partial charge in [0.15, 0.2) is 22.7 Å². The van der Waals surface area contributed by atoms with Gasteiger partial charge < -0.3 is 14.2 Å². The van der Waals surface area contributed by atoms with Gasteiger partial charge in [0.05, 0.1) is 18.5 Å². The molecule has 0 fully saturated rings. The maximum atomic E-state index is 13.0. The summed E-state index contributed by atoms with van der Waals surface area (Å²) in [5, 5.41) is 0. The average molecular weight is 445 g/mol. The number of aryl methyl sites for hydroxylation is 1. The molecule has 0 unspecified atom stereocenters. The first-order valence-electron chi connectivity index (χ1n) is 10.2. The Bertz CT molecular complexity index is 1700. The van der Waals surface area contributed by atoms with E-state index in [4.69, 9.17) is 19.2 Å². The summed E-state index contributed by atoms with van der Waals surface area (Å²) in [6, 6.07) is 13.2. The Morgan fingerprint density at radius 1 is 1.00 bits per heavy atom. The molecule has 33 heavy (non-hydrogen) atoms. The molecule has 0 N–H and O–H groups in total. The second kappa shape index (κ2) is 6.76. The number of benzene rings is 2. The highest BCUT2D eigenvalue weighted by Crippen LogP contribution is 2.37. The summed E-state index contributed by atoms with van der Waals surface area (Å²) >= 11 is 0. The molecule has 166 valence electrons. The van der Waals surface area contributed by atoms with E-state index < -0.39 is 11.2 Å². The third-order valence-electron chi connectivity index (χ3n) is 5.94. The second-order valence-corrected chi connectivity index (χ2v) is 7.78. The molecule has 10 heteroatoms. The molecule has 4 heterocycles. The van der Waals surface area contributed by atoms with Gasteiger partial charge in [0, 0.05) is 31.9 Å². The quantitative estimate of drug-likeness (QED) is 0.422. The Morgan fingerprint density at radius 2 is 1.82 bits per heavy atom. The van der Waals surface area contributed by atoms with Gasteiger partial charge in [-0.05, 0) is 24.3 Å². The van der Waals surface area contributed by atoms with Gasteiger partial charge in [0.25, 0.3) is 5.56 Å². The summed E-state index contributed by atoms with van der Waals surface area (Å²) in [4.78, 5) is 30.2. The standard InChI is InChI=1S/C23H19N5O5/c1-25-20-19(21(29)26(2)23(25)30)27-11-16(13-5-4-6-15(9-13)31-3)28(22(27)24-20)14-7-8-17-18(10-14)33-12-32-17/h4-11H,12H2,1-3H3. The Hall–Kier alpha value is -4.47. The average Bonchev–Trinajstić information content (AvgIpc) is 3.54. The molecule has 1 aliphatic heterocycles. The Balaban J connectivity index is 1.75. The van der Waals surface area contributed by atoms with Gasteiger partial charge >= 0.3 is 5.69 Å². The van der Waals surface area contributed by atoms with E-state index in [1.807, 2.05) is 53.2 Å². The van der Waals surface area contributed by atoms with E-state index in [1.165, 1.54) is 11.6 Å². The van der Waals surface area contributed by atoms with Crippen LogP contribution in [0.4, 0.5) is 0 Å². The van der Waals surface area contributed by atoms with Crippen molar-refractivity contribution in [1.29, 1.82) is 0 Å². The van der Waals surface area contributed by atoms with Crippen LogP contribution < -0.4 is 25.5 Å². The van der Waals surface area contributed by atoms with E-state index in [9.17, 15) is 9.59 Å². The van der Waals surface area contributed by atoms with Crippen LogP contribution >= 0.6 is 0 Å². The van der Waals surface area contributed by atoms with Crippen LogP contribution in [0.5, 0.6) is 17.2 Å². The number of nitrogens with zero attached hydrogens (tertiary/aromatic N) is 5. The molecule has 5 aromatic rings. The zero-order chi connectivity index (χ0) is 22.9. The van der Waals surface area contributed by atoms with Gasteiger partial charge in [0.2, 0.25) is 12.6 Å². The largest absolute Gasteiger partial charge is 0.497 e. The molecule has 10 nitrogen and oxygen atoms in total. The van der Waals surface area contributed by atoms with Gasteiger partial charge in [-0.25, -0.2) is 4.79 Å². The molecule has 0 amide bonds. The van der Waals surface area contributed by atoms with E-state index in [2.05, 4.69) is 0 Å². The summed E-state index contributed by atoms with van der Waals surface area (Å²) in [5.41, 5.74) is 2.20. The Labute approximate surface area is 186 Å². The summed E-state index contributed by atoms with van der Waals surface area (Å²) in [5.74, 6) is 2.47. The zero-order valence-electron chi connectivity index (χ0n) is 18.1. The number of fused-ring (bicyclic) bond motifs is 4. The van der Waals surface area contributed by atoms with Crippen LogP contribution in [0.15, 0.2) is 58.3 Å². The zero-order valence-corrected chi connectivity index (χ0v) is 18.1. The molecule has 0 saturated carbocycles. The number of imidazole rings is 2. The van der Waals surface area contributed by atoms with Crippen LogP contribution in [-0.4, -0.2) is 37.0 Å². The Morgan fingerprint density at radius 3 is 2.64 bits per heavy atom. The van der Waals surface area contributed by atoms with Gasteiger partial charge in [-0.15, -0.1) is 0 Å². The van der Waals surface area contributed by atoms with Crippen molar-refractivity contribution in [2.24, 2.45) is 14.1 Å². The summed E-state index contributed by atoms with van der Waals surface area (Å²) in [6.07, 6.45) is 1.84. The summed E-state index contributed by atoms with van der Waals surface area (Å²) < 4.78 is 22.5. The minimum atomic E-state index is -0.434. The third kappa shape index (κ3) is 2.63. The fourth-order valence-electron chi connectivity index (χ4n) is 4.24. The van der Waals surface area contributed by atoms with Crippen LogP contribution in [0.1, 0.15) is 0 Å². The first-order valence-corrected chi connectivity index (χ1v) is 10.2. The lowest BCUT2D eigenvalue weighted by Gasteiger charge is -2.11. The maximum absolute atomic E-state index is 13.0. The van der Waals surface area contributed by atoms with Crippen molar-refractivity contribution in [3.63, 3.8) is 0 Å². The normalized spacial score (nSPS) is 12.7. The molecule has 0 atom stereocenters. The van der Waals surface area contributed by atoms with Crippen molar-refractivity contribution in [3.8, 4) is 34.2 Å². The van der Waals surface area contributed by atoms with E-state index >= 15 is 0 Å². The van der Waals surface area contributed by atoms with Crippen molar-refractivity contribution in [2.75, 3.05) is 13.9 Å². The van der Waals surface area contributed by atoms with Crippen LogP contribution in [0.2, 0.25) is 0 Å². The molecule has 0 bridgehead atoms. The van der Waals surface area contributed by atoms with Gasteiger partial charge in [0.1, 0.15) is 5.75 Å². The van der Waals surface area contributed by atoms with Crippen LogP contribution in [-0.2, 0) is 14.1 Å². The molecule has 2 aromatic carbocycles. The minimum absolute atomic E-state index is 0.161. The molecule has 6 rings (SSSR count). The van der Waals surface area contributed by atoms with Gasteiger partial charge in [-0.1, -0.05) is 12.1 Å². The fourth-order valence-corrected chi connectivity index (χ4v) is 4.24. The SMILES string of the molecule is COc1cccc(-c2cn3c4c(=O)n(C)c(=O)n(C)c4nc3n2-c2ccc3c(c2)OCO3)c1. The predicted molar refractivity (Wildman–Crippen MR) is 121 cm³/mol. The van der Waals surface area contributed by atoms with Gasteiger partial charge in [-0.2, -0.15) is 4.98 Å². The number of hydrogen-bond donors (Lipinski definition) is 0. The number of methoxy groups -OCH3 is 1. The van der Waals surface area contributed by atoms with Crippen LogP contribution in [0, 0.1) is 0 Å². The minimum Gasteiger partial charge on any atom is -0.497 e. The monoisotopic (exact) mass is 445 g/mol. The second-order valence-electron chi connectivity index (χ2n) is 7.78. The van der Waals surface area contributed by atoms with E-state index in [0.29, 0.717) is 34.2 Å². The van der Waals surface area contributed by atoms with Crippen molar-refractivity contribution < 1.29 is 14.2 Å². The maximum Gasteiger partial charge on any atom is 0.332 e. The fraction of sp³-hybridized carbons (Fsp3) is 0.174. The smallest absolute Gasteiger partial charge is 0.332 e. The summed E-state index contributed by atoms with van der Waals surface area (Å²) in [7, 11) is 4.67. The van der Waals surface area contributed by atoms with Crippen molar-refractivity contribution >= 4 is 16.9 Å². The highest BCUT2D eigenvalue weighted by molar-refractivity contribution is 5.80. The third-order valence-corrected chi connectivity index (χ3v) is 5.94. The number of rotatable bonds is 3. The van der Waals surface area contributed by atoms with Crippen molar-refractivity contribution in [1.82, 2.24) is 23.1 Å². The molecular weight excluding hydrogens is 426 g/mol. The molecule has 1 aliphatic rings. The topological polar surface area (TPSA) is 93.9 Å². The number of ether oxygens (including phenoxy) is 3. The number of aromatic nitrogens is 5. The highest BCUT2D eigenvalue weighted by Gasteiger charge is 2.23. The summed E-state index contributed by atoms with van der Waals surface area (Å²) in [6.45, 7) is 0.161. The van der Waals surface area contributed by atoms with Gasteiger partial charge in [-0.3, -0.25) is 22.9 Å². The van der Waals surface area contributed by atoms with Crippen LogP contribution in [0.25, 0.3) is 33.9 Å². The van der Waals surface area contributed by atoms with Crippen molar-refractivity contribution in [3.05, 3.63) is 69.5 Å². The lowest BCUT2D eigenvalue weighted by Crippen LogP contribution is -2.37. The molecule has 3 aromatic heterocycles. The molecule has 0 spiro atoms. The predicted octanol–water partition coefficient (Wildman–Crippen LogP) is 2.08. The first-order chi connectivity index (χ1) is 16.0. The molecule has 0 saturated heterocycles. The van der Waals surface area contributed by atoms with E-state index in [-0.39, 0.29) is 6.79 Å². The number of hydrogen-bond acceptors (Lipinski definition) is 6. The lowest BCUT2D eigenvalue weighted by atomic mass is 10.1. The van der Waals surface area contributed by atoms with E-state index in [1.54, 1.807) is 18.6 Å². The lowest BCUT2D eigenvalue weighted by molar-refractivity contribution is 0.174. The van der Waals surface area contributed by atoms with E-state index in [0.717, 1.165) is 21.5 Å². The van der Waals surface area contributed by atoms with Crippen LogP contribution in [0.3, 0.4) is 0 Å². The molecule has 0 radical (unpaired) electrons. The highest BCUT2D eigenvalue weighted by atomic mass is 16.7. The van der Waals surface area contributed by atoms with Crippen molar-refractivity contribution in [2.45, 2.75) is 0 Å². The molecular formula is C23H19N5O5. The Kier molecular flexibility index (Phi) is 3.94.